The standard InChI is InChI=1S/C28H48O4.C3H6.C2H2/c1-7-8-9-18-19(24(29)30)12-16-27(5)20(18)10-11-22-26(4)15-14-23(32-31)25(2,3)21(26)13-17-28(22,27)6;1-3-2;1-2/h18-23,31H,7-17H2,1-6H3,(H,29,30);3H,1H2,2H3;1-2H/t18-,19?,20+,21?,22?,23?,26-,27+,28?;;/m0../s1. The molecule has 0 heterocycles. The molecule has 0 aliphatic heterocycles. The van der Waals surface area contributed by atoms with Crippen LogP contribution in [-0.4, -0.2) is 22.4 Å². The normalized spacial score (nSPS) is 43.7. The fourth-order valence-electron chi connectivity index (χ4n) is 10.4. The van der Waals surface area contributed by atoms with Crippen LogP contribution in [0.5, 0.6) is 0 Å². The summed E-state index contributed by atoms with van der Waals surface area (Å²) < 4.78 is 0. The van der Waals surface area contributed by atoms with Crippen LogP contribution < -0.4 is 0 Å². The predicted molar refractivity (Wildman–Crippen MR) is 153 cm³/mol. The maximum absolute atomic E-state index is 12.2. The van der Waals surface area contributed by atoms with E-state index in [1.165, 1.54) is 25.7 Å². The average molecular weight is 517 g/mol. The SMILES string of the molecule is C#C.C=CC.CCCC[C@H]1C(C(=O)O)CC[C@]2(C)[C@@H]1CCC1C2(C)CCC2C(C)(C)C(OO)CC[C@@]21C. The van der Waals surface area contributed by atoms with Gasteiger partial charge in [-0.1, -0.05) is 60.5 Å². The number of hydrogen-bond donors (Lipinski definition) is 2. The van der Waals surface area contributed by atoms with Gasteiger partial charge in [-0.15, -0.1) is 19.4 Å². The van der Waals surface area contributed by atoms with Crippen LogP contribution in [-0.2, 0) is 9.68 Å². The smallest absolute Gasteiger partial charge is 0.306 e. The average Bonchev–Trinajstić information content (AvgIpc) is 2.84. The number of hydrogen-bond acceptors (Lipinski definition) is 3. The van der Waals surface area contributed by atoms with Crippen LogP contribution >= 0.6 is 0 Å². The molecule has 0 aromatic heterocycles. The van der Waals surface area contributed by atoms with E-state index in [-0.39, 0.29) is 33.7 Å². The first kappa shape index (κ1) is 31.9. The molecule has 212 valence electrons. The molecule has 9 atom stereocenters. The molecule has 0 saturated heterocycles. The highest BCUT2D eigenvalue weighted by Crippen LogP contribution is 2.75. The van der Waals surface area contributed by atoms with Crippen molar-refractivity contribution in [3.05, 3.63) is 12.7 Å². The van der Waals surface area contributed by atoms with Gasteiger partial charge in [0.1, 0.15) is 0 Å². The van der Waals surface area contributed by atoms with Gasteiger partial charge < -0.3 is 5.11 Å². The van der Waals surface area contributed by atoms with Crippen LogP contribution in [0.3, 0.4) is 0 Å². The third-order valence-electron chi connectivity index (χ3n) is 12.2. The number of allylic oxidation sites excluding steroid dienone is 1. The van der Waals surface area contributed by atoms with E-state index in [9.17, 15) is 15.2 Å². The van der Waals surface area contributed by atoms with E-state index in [1.807, 2.05) is 6.92 Å². The summed E-state index contributed by atoms with van der Waals surface area (Å²) in [6.07, 6.45) is 21.9. The quantitative estimate of drug-likeness (QED) is 0.166. The number of rotatable bonds is 5. The second kappa shape index (κ2) is 12.3. The minimum absolute atomic E-state index is 0.0224. The van der Waals surface area contributed by atoms with Crippen molar-refractivity contribution >= 4 is 5.97 Å². The first-order valence-electron chi connectivity index (χ1n) is 14.8. The summed E-state index contributed by atoms with van der Waals surface area (Å²) in [5.41, 5.74) is 0.731. The third-order valence-corrected chi connectivity index (χ3v) is 12.2. The number of aliphatic carboxylic acids is 1. The Morgan fingerprint density at radius 2 is 1.57 bits per heavy atom. The van der Waals surface area contributed by atoms with Gasteiger partial charge in [-0.25, -0.2) is 4.89 Å². The molecule has 0 spiro atoms. The summed E-state index contributed by atoms with van der Waals surface area (Å²) in [4.78, 5) is 17.2. The van der Waals surface area contributed by atoms with Crippen molar-refractivity contribution in [1.29, 1.82) is 0 Å². The van der Waals surface area contributed by atoms with Crippen molar-refractivity contribution in [2.75, 3.05) is 0 Å². The van der Waals surface area contributed by atoms with Gasteiger partial charge in [0.05, 0.1) is 12.0 Å². The number of carboxylic acid groups (broad SMARTS) is 1. The summed E-state index contributed by atoms with van der Waals surface area (Å²) >= 11 is 0. The molecule has 0 amide bonds. The fraction of sp³-hybridized carbons (Fsp3) is 0.848. The molecule has 4 nitrogen and oxygen atoms in total. The van der Waals surface area contributed by atoms with Crippen LogP contribution in [0.25, 0.3) is 0 Å². The summed E-state index contributed by atoms with van der Waals surface area (Å²) in [6, 6.07) is 0. The molecule has 37 heavy (non-hydrogen) atoms. The molecular weight excluding hydrogens is 460 g/mol. The highest BCUT2D eigenvalue weighted by molar-refractivity contribution is 5.70. The Bertz CT molecular complexity index is 801. The first-order valence-corrected chi connectivity index (χ1v) is 14.8. The van der Waals surface area contributed by atoms with Crippen molar-refractivity contribution in [2.45, 2.75) is 125 Å². The van der Waals surface area contributed by atoms with E-state index in [0.717, 1.165) is 44.9 Å². The van der Waals surface area contributed by atoms with E-state index in [2.05, 4.69) is 61.0 Å². The minimum Gasteiger partial charge on any atom is -0.481 e. The van der Waals surface area contributed by atoms with Crippen LogP contribution in [0.1, 0.15) is 119 Å². The molecule has 0 aromatic rings. The summed E-state index contributed by atoms with van der Waals surface area (Å²) in [7, 11) is 0. The lowest BCUT2D eigenvalue weighted by Gasteiger charge is -2.72. The van der Waals surface area contributed by atoms with Gasteiger partial charge in [-0.05, 0) is 110 Å². The molecule has 4 heteroatoms. The van der Waals surface area contributed by atoms with Gasteiger partial charge in [-0.3, -0.25) is 10.1 Å². The van der Waals surface area contributed by atoms with E-state index >= 15 is 0 Å². The number of unbranched alkanes of at least 4 members (excludes halogenated alkanes) is 1. The molecule has 4 aliphatic carbocycles. The van der Waals surface area contributed by atoms with Crippen molar-refractivity contribution < 1.29 is 20.0 Å². The Morgan fingerprint density at radius 3 is 2.11 bits per heavy atom. The zero-order chi connectivity index (χ0) is 28.2. The van der Waals surface area contributed by atoms with Crippen LogP contribution in [0.2, 0.25) is 0 Å². The number of fused-ring (bicyclic) bond motifs is 5. The van der Waals surface area contributed by atoms with Gasteiger partial charge in [0.2, 0.25) is 0 Å². The number of terminal acetylenes is 1. The first-order chi connectivity index (χ1) is 17.4. The lowest BCUT2D eigenvalue weighted by Crippen LogP contribution is -2.66. The summed E-state index contributed by atoms with van der Waals surface area (Å²) in [5.74, 6) is 1.40. The second-order valence-corrected chi connectivity index (χ2v) is 13.8. The van der Waals surface area contributed by atoms with Crippen LogP contribution in [0.15, 0.2) is 12.7 Å². The number of carbonyl (C=O) groups is 1. The Morgan fingerprint density at radius 1 is 0.973 bits per heavy atom. The third kappa shape index (κ3) is 5.17. The van der Waals surface area contributed by atoms with Crippen LogP contribution in [0.4, 0.5) is 0 Å². The lowest BCUT2D eigenvalue weighted by molar-refractivity contribution is -0.333. The van der Waals surface area contributed by atoms with Gasteiger partial charge in [0.25, 0.3) is 0 Å². The Hall–Kier alpha value is -1.31. The maximum Gasteiger partial charge on any atom is 0.306 e. The highest BCUT2D eigenvalue weighted by Gasteiger charge is 2.68. The molecular formula is C33H56O4. The Balaban J connectivity index is 0.000000898. The fourth-order valence-corrected chi connectivity index (χ4v) is 10.4. The summed E-state index contributed by atoms with van der Waals surface area (Å²) in [5, 5.41) is 19.6. The van der Waals surface area contributed by atoms with E-state index in [4.69, 9.17) is 4.89 Å². The second-order valence-electron chi connectivity index (χ2n) is 13.8. The zero-order valence-electron chi connectivity index (χ0n) is 24.9. The molecule has 4 rings (SSSR count). The van der Waals surface area contributed by atoms with Gasteiger partial charge in [-0.2, -0.15) is 0 Å². The van der Waals surface area contributed by atoms with Crippen molar-refractivity contribution in [3.63, 3.8) is 0 Å². The Kier molecular flexibility index (Phi) is 10.6. The largest absolute Gasteiger partial charge is 0.481 e. The Labute approximate surface area is 228 Å². The van der Waals surface area contributed by atoms with E-state index in [0.29, 0.717) is 23.7 Å². The van der Waals surface area contributed by atoms with Crippen molar-refractivity contribution in [3.8, 4) is 12.8 Å². The topological polar surface area (TPSA) is 66.8 Å². The number of carboxylic acids is 1. The van der Waals surface area contributed by atoms with E-state index in [1.54, 1.807) is 6.08 Å². The predicted octanol–water partition coefficient (Wildman–Crippen LogP) is 8.86. The molecule has 0 aromatic carbocycles. The molecule has 4 saturated carbocycles. The van der Waals surface area contributed by atoms with Crippen LogP contribution in [0, 0.1) is 64.1 Å². The molecule has 4 fully saturated rings. The molecule has 4 aliphatic rings. The molecule has 0 radical (unpaired) electrons. The maximum atomic E-state index is 12.2. The molecule has 0 bridgehead atoms. The van der Waals surface area contributed by atoms with Crippen molar-refractivity contribution in [2.24, 2.45) is 51.2 Å². The van der Waals surface area contributed by atoms with E-state index < -0.39 is 5.97 Å². The van der Waals surface area contributed by atoms with Gasteiger partial charge >= 0.3 is 5.97 Å². The monoisotopic (exact) mass is 516 g/mol. The van der Waals surface area contributed by atoms with Gasteiger partial charge in [0.15, 0.2) is 0 Å². The highest BCUT2D eigenvalue weighted by atomic mass is 17.1. The zero-order valence-corrected chi connectivity index (χ0v) is 24.9. The molecule has 5 unspecified atom stereocenters. The summed E-state index contributed by atoms with van der Waals surface area (Å²) in [6.45, 7) is 19.8. The van der Waals surface area contributed by atoms with Crippen molar-refractivity contribution in [1.82, 2.24) is 0 Å². The van der Waals surface area contributed by atoms with Gasteiger partial charge in [0, 0.05) is 0 Å². The lowest BCUT2D eigenvalue weighted by atomic mass is 9.33. The minimum atomic E-state index is -0.555. The molecule has 2 N–H and O–H groups in total.